The number of aryl methyl sites for hydroxylation is 1. The van der Waals surface area contributed by atoms with E-state index in [1.807, 2.05) is 0 Å². The standard InChI is InChI=1S/C18H16FNO3S/c1-10-16-12(19)3-2-4-15(16)24-17(10)18(23)20-8-7-11-5-6-13(21)14(22)9-11/h2-6,9,21-22H,7-8H2,1H3,(H,20,23). The average Bonchev–Trinajstić information content (AvgIpc) is 2.89. The SMILES string of the molecule is Cc1c(C(=O)NCCc2ccc(O)c(O)c2)sc2cccc(F)c12. The number of carbonyl (C=O) groups is 1. The summed E-state index contributed by atoms with van der Waals surface area (Å²) in [4.78, 5) is 12.8. The van der Waals surface area contributed by atoms with Crippen molar-refractivity contribution in [1.29, 1.82) is 0 Å². The van der Waals surface area contributed by atoms with Gasteiger partial charge in [-0.1, -0.05) is 12.1 Å². The molecule has 0 saturated heterocycles. The minimum Gasteiger partial charge on any atom is -0.504 e. The number of benzene rings is 2. The van der Waals surface area contributed by atoms with E-state index in [1.165, 1.54) is 29.5 Å². The van der Waals surface area contributed by atoms with Crippen molar-refractivity contribution in [2.45, 2.75) is 13.3 Å². The Bertz CT molecular complexity index is 920. The molecule has 0 radical (unpaired) electrons. The Hall–Kier alpha value is -2.60. The van der Waals surface area contributed by atoms with Crippen LogP contribution in [0, 0.1) is 12.7 Å². The number of aromatic hydroxyl groups is 2. The second kappa shape index (κ2) is 6.49. The molecule has 0 spiro atoms. The van der Waals surface area contributed by atoms with Gasteiger partial charge >= 0.3 is 0 Å². The first kappa shape index (κ1) is 16.3. The summed E-state index contributed by atoms with van der Waals surface area (Å²) >= 11 is 1.27. The lowest BCUT2D eigenvalue weighted by Gasteiger charge is -2.06. The lowest BCUT2D eigenvalue weighted by Crippen LogP contribution is -2.25. The summed E-state index contributed by atoms with van der Waals surface area (Å²) in [5.74, 6) is -0.920. The Morgan fingerprint density at radius 2 is 2.00 bits per heavy atom. The highest BCUT2D eigenvalue weighted by molar-refractivity contribution is 7.21. The van der Waals surface area contributed by atoms with E-state index in [2.05, 4.69) is 5.32 Å². The Morgan fingerprint density at radius 1 is 1.21 bits per heavy atom. The smallest absolute Gasteiger partial charge is 0.261 e. The number of carbonyl (C=O) groups excluding carboxylic acids is 1. The van der Waals surface area contributed by atoms with Gasteiger partial charge in [0.2, 0.25) is 0 Å². The zero-order valence-electron chi connectivity index (χ0n) is 13.0. The highest BCUT2D eigenvalue weighted by Crippen LogP contribution is 2.32. The van der Waals surface area contributed by atoms with E-state index >= 15 is 0 Å². The van der Waals surface area contributed by atoms with Gasteiger partial charge in [-0.05, 0) is 48.7 Å². The molecule has 0 aliphatic carbocycles. The van der Waals surface area contributed by atoms with E-state index in [0.717, 1.165) is 10.3 Å². The topological polar surface area (TPSA) is 69.6 Å². The van der Waals surface area contributed by atoms with Gasteiger partial charge in [0.05, 0.1) is 4.88 Å². The molecule has 0 unspecified atom stereocenters. The molecule has 0 aliphatic rings. The van der Waals surface area contributed by atoms with Gasteiger partial charge in [-0.15, -0.1) is 11.3 Å². The summed E-state index contributed by atoms with van der Waals surface area (Å²) in [5.41, 5.74) is 1.44. The average molecular weight is 345 g/mol. The molecule has 1 amide bonds. The van der Waals surface area contributed by atoms with Crippen LogP contribution in [-0.4, -0.2) is 22.7 Å². The molecule has 3 aromatic rings. The summed E-state index contributed by atoms with van der Waals surface area (Å²) < 4.78 is 14.6. The zero-order valence-corrected chi connectivity index (χ0v) is 13.8. The first-order valence-corrected chi connectivity index (χ1v) is 8.25. The molecule has 24 heavy (non-hydrogen) atoms. The summed E-state index contributed by atoms with van der Waals surface area (Å²) in [5, 5.41) is 22.0. The molecule has 124 valence electrons. The van der Waals surface area contributed by atoms with Crippen molar-refractivity contribution >= 4 is 27.3 Å². The molecule has 0 aliphatic heterocycles. The molecule has 3 N–H and O–H groups in total. The van der Waals surface area contributed by atoms with E-state index in [9.17, 15) is 19.4 Å². The molecule has 3 rings (SSSR count). The van der Waals surface area contributed by atoms with E-state index < -0.39 is 0 Å². The molecule has 0 atom stereocenters. The molecule has 2 aromatic carbocycles. The Labute approximate surface area is 142 Å². The number of phenolic OH excluding ortho intramolecular Hbond substituents is 2. The van der Waals surface area contributed by atoms with Gasteiger partial charge in [-0.25, -0.2) is 4.39 Å². The number of halogens is 1. The Balaban J connectivity index is 1.70. The summed E-state index contributed by atoms with van der Waals surface area (Å²) in [6, 6.07) is 9.37. The van der Waals surface area contributed by atoms with Gasteiger partial charge in [0, 0.05) is 16.6 Å². The minimum atomic E-state index is -0.320. The number of hydrogen-bond donors (Lipinski definition) is 3. The predicted octanol–water partition coefficient (Wildman–Crippen LogP) is 3.73. The maximum absolute atomic E-state index is 13.9. The van der Waals surface area contributed by atoms with Gasteiger partial charge in [-0.3, -0.25) is 4.79 Å². The summed E-state index contributed by atoms with van der Waals surface area (Å²) in [7, 11) is 0. The van der Waals surface area contributed by atoms with Crippen LogP contribution in [0.1, 0.15) is 20.8 Å². The number of amides is 1. The predicted molar refractivity (Wildman–Crippen MR) is 92.3 cm³/mol. The van der Waals surface area contributed by atoms with Crippen LogP contribution in [0.15, 0.2) is 36.4 Å². The third-order valence-electron chi connectivity index (χ3n) is 3.85. The Kier molecular flexibility index (Phi) is 4.40. The molecule has 0 fully saturated rings. The van der Waals surface area contributed by atoms with E-state index in [4.69, 9.17) is 0 Å². The zero-order chi connectivity index (χ0) is 17.3. The van der Waals surface area contributed by atoms with Crippen molar-refractivity contribution < 1.29 is 19.4 Å². The van der Waals surface area contributed by atoms with E-state index in [-0.39, 0.29) is 23.2 Å². The largest absolute Gasteiger partial charge is 0.504 e. The molecule has 0 bridgehead atoms. The number of nitrogens with one attached hydrogen (secondary N) is 1. The number of fused-ring (bicyclic) bond motifs is 1. The Morgan fingerprint density at radius 3 is 2.71 bits per heavy atom. The molecule has 1 aromatic heterocycles. The molecule has 4 nitrogen and oxygen atoms in total. The number of hydrogen-bond acceptors (Lipinski definition) is 4. The van der Waals surface area contributed by atoms with Crippen molar-refractivity contribution in [3.8, 4) is 11.5 Å². The molecule has 1 heterocycles. The van der Waals surface area contributed by atoms with Gasteiger partial charge < -0.3 is 15.5 Å². The number of thiophene rings is 1. The van der Waals surface area contributed by atoms with Crippen LogP contribution < -0.4 is 5.32 Å². The van der Waals surface area contributed by atoms with E-state index in [0.29, 0.717) is 28.8 Å². The van der Waals surface area contributed by atoms with Crippen LogP contribution >= 0.6 is 11.3 Å². The molecular formula is C18H16FNO3S. The highest BCUT2D eigenvalue weighted by Gasteiger charge is 2.17. The van der Waals surface area contributed by atoms with Gasteiger partial charge in [0.25, 0.3) is 5.91 Å². The third kappa shape index (κ3) is 3.05. The first-order chi connectivity index (χ1) is 11.5. The van der Waals surface area contributed by atoms with Crippen molar-refractivity contribution in [3.63, 3.8) is 0 Å². The van der Waals surface area contributed by atoms with Crippen LogP contribution in [0.4, 0.5) is 4.39 Å². The van der Waals surface area contributed by atoms with Crippen LogP contribution in [0.25, 0.3) is 10.1 Å². The van der Waals surface area contributed by atoms with Crippen LogP contribution in [0.5, 0.6) is 11.5 Å². The maximum atomic E-state index is 13.9. The monoisotopic (exact) mass is 345 g/mol. The fourth-order valence-corrected chi connectivity index (χ4v) is 3.73. The van der Waals surface area contributed by atoms with Crippen molar-refractivity contribution in [1.82, 2.24) is 5.32 Å². The van der Waals surface area contributed by atoms with Crippen molar-refractivity contribution in [2.24, 2.45) is 0 Å². The quantitative estimate of drug-likeness (QED) is 0.631. The summed E-state index contributed by atoms with van der Waals surface area (Å²) in [6.45, 7) is 2.12. The second-order valence-corrected chi connectivity index (χ2v) is 6.55. The van der Waals surface area contributed by atoms with Crippen molar-refractivity contribution in [2.75, 3.05) is 6.54 Å². The van der Waals surface area contributed by atoms with Gasteiger partial charge in [0.1, 0.15) is 5.82 Å². The molecular weight excluding hydrogens is 329 g/mol. The highest BCUT2D eigenvalue weighted by atomic mass is 32.1. The number of phenols is 2. The van der Waals surface area contributed by atoms with Gasteiger partial charge in [0.15, 0.2) is 11.5 Å². The third-order valence-corrected chi connectivity index (χ3v) is 5.10. The fourth-order valence-electron chi connectivity index (χ4n) is 2.60. The minimum absolute atomic E-state index is 0.175. The first-order valence-electron chi connectivity index (χ1n) is 7.44. The molecule has 6 heteroatoms. The number of rotatable bonds is 4. The van der Waals surface area contributed by atoms with Crippen LogP contribution in [0.2, 0.25) is 0 Å². The summed E-state index contributed by atoms with van der Waals surface area (Å²) in [6.07, 6.45) is 0.512. The normalized spacial score (nSPS) is 10.9. The van der Waals surface area contributed by atoms with Crippen LogP contribution in [0.3, 0.4) is 0 Å². The van der Waals surface area contributed by atoms with Crippen LogP contribution in [-0.2, 0) is 6.42 Å². The maximum Gasteiger partial charge on any atom is 0.261 e. The lowest BCUT2D eigenvalue weighted by atomic mass is 10.1. The van der Waals surface area contributed by atoms with Gasteiger partial charge in [-0.2, -0.15) is 0 Å². The second-order valence-electron chi connectivity index (χ2n) is 5.50. The fraction of sp³-hybridized carbons (Fsp3) is 0.167. The van der Waals surface area contributed by atoms with Crippen molar-refractivity contribution in [3.05, 3.63) is 58.2 Å². The van der Waals surface area contributed by atoms with E-state index in [1.54, 1.807) is 25.1 Å². The lowest BCUT2D eigenvalue weighted by molar-refractivity contribution is 0.0957. The molecule has 0 saturated carbocycles.